The first-order valence-electron chi connectivity index (χ1n) is 4.67. The van der Waals surface area contributed by atoms with Gasteiger partial charge < -0.3 is 9.84 Å². The molecule has 4 heteroatoms. The monoisotopic (exact) mass is 206 g/mol. The van der Waals surface area contributed by atoms with Gasteiger partial charge in [0.2, 0.25) is 6.17 Å². The average Bonchev–Trinajstić information content (AvgIpc) is 2.01. The molecule has 0 rings (SSSR count). The first-order valence-corrected chi connectivity index (χ1v) is 4.67. The summed E-state index contributed by atoms with van der Waals surface area (Å²) in [6, 6.07) is 0. The highest BCUT2D eigenvalue weighted by Crippen LogP contribution is 2.34. The van der Waals surface area contributed by atoms with Crippen molar-refractivity contribution in [3.05, 3.63) is 0 Å². The molecule has 1 N–H and O–H groups in total. The van der Waals surface area contributed by atoms with E-state index in [2.05, 4.69) is 4.74 Å². The number of esters is 1. The van der Waals surface area contributed by atoms with E-state index in [9.17, 15) is 14.3 Å². The van der Waals surface area contributed by atoms with Crippen molar-refractivity contribution in [3.8, 4) is 0 Å². The largest absolute Gasteiger partial charge is 0.464 e. The van der Waals surface area contributed by atoms with E-state index in [-0.39, 0.29) is 6.61 Å². The lowest BCUT2D eigenvalue weighted by Gasteiger charge is -2.38. The molecule has 0 aromatic rings. The number of carbonyl (C=O) groups is 1. The van der Waals surface area contributed by atoms with Gasteiger partial charge in [0.25, 0.3) is 0 Å². The van der Waals surface area contributed by atoms with Crippen LogP contribution in [0.1, 0.15) is 34.6 Å². The Kier molecular flexibility index (Phi) is 4.06. The highest BCUT2D eigenvalue weighted by molar-refractivity contribution is 5.76. The Morgan fingerprint density at radius 1 is 1.43 bits per heavy atom. The van der Waals surface area contributed by atoms with E-state index in [1.807, 2.05) is 0 Å². The molecule has 0 spiro atoms. The number of halogens is 1. The summed E-state index contributed by atoms with van der Waals surface area (Å²) in [6.07, 6.45) is -2.01. The average molecular weight is 206 g/mol. The standard InChI is InChI=1S/C10H19FO3/c1-6-14-8(12)7(11)10(5,13)9(2,3)4/h7,13H,6H2,1-5H3. The van der Waals surface area contributed by atoms with Crippen LogP contribution in [-0.4, -0.2) is 29.5 Å². The second-order valence-electron chi connectivity index (χ2n) is 4.51. The zero-order valence-electron chi connectivity index (χ0n) is 9.43. The number of alkyl halides is 1. The highest BCUT2D eigenvalue weighted by Gasteiger charge is 2.47. The first-order chi connectivity index (χ1) is 6.14. The Labute approximate surface area is 84.3 Å². The number of hydrogen-bond acceptors (Lipinski definition) is 3. The van der Waals surface area contributed by atoms with Gasteiger partial charge in [-0.15, -0.1) is 0 Å². The van der Waals surface area contributed by atoms with Gasteiger partial charge in [-0.3, -0.25) is 0 Å². The predicted octanol–water partition coefficient (Wildman–Crippen LogP) is 1.68. The quantitative estimate of drug-likeness (QED) is 0.715. The fourth-order valence-corrected chi connectivity index (χ4v) is 0.825. The number of carbonyl (C=O) groups excluding carboxylic acids is 1. The molecule has 0 aliphatic rings. The molecular weight excluding hydrogens is 187 g/mol. The highest BCUT2D eigenvalue weighted by atomic mass is 19.1. The van der Waals surface area contributed by atoms with Crippen molar-refractivity contribution >= 4 is 5.97 Å². The van der Waals surface area contributed by atoms with Gasteiger partial charge in [0.15, 0.2) is 0 Å². The van der Waals surface area contributed by atoms with Crippen molar-refractivity contribution in [2.45, 2.75) is 46.4 Å². The molecule has 0 saturated heterocycles. The van der Waals surface area contributed by atoms with Gasteiger partial charge in [-0.2, -0.15) is 0 Å². The van der Waals surface area contributed by atoms with Crippen LogP contribution in [-0.2, 0) is 9.53 Å². The zero-order chi connectivity index (χ0) is 11.6. The molecule has 2 unspecified atom stereocenters. The molecule has 0 saturated carbocycles. The lowest BCUT2D eigenvalue weighted by atomic mass is 9.75. The first kappa shape index (κ1) is 13.4. The van der Waals surface area contributed by atoms with E-state index in [4.69, 9.17) is 0 Å². The van der Waals surface area contributed by atoms with E-state index in [1.54, 1.807) is 27.7 Å². The van der Waals surface area contributed by atoms with Crippen molar-refractivity contribution in [2.75, 3.05) is 6.61 Å². The SMILES string of the molecule is CCOC(=O)C(F)C(C)(O)C(C)(C)C. The maximum absolute atomic E-state index is 13.5. The molecule has 0 radical (unpaired) electrons. The van der Waals surface area contributed by atoms with Crippen LogP contribution >= 0.6 is 0 Å². The summed E-state index contributed by atoms with van der Waals surface area (Å²) in [6.45, 7) is 8.00. The fourth-order valence-electron chi connectivity index (χ4n) is 0.825. The van der Waals surface area contributed by atoms with E-state index < -0.39 is 23.2 Å². The predicted molar refractivity (Wildman–Crippen MR) is 51.6 cm³/mol. The van der Waals surface area contributed by atoms with Gasteiger partial charge in [-0.05, 0) is 19.3 Å². The number of rotatable bonds is 3. The number of ether oxygens (including phenoxy) is 1. The third kappa shape index (κ3) is 2.67. The van der Waals surface area contributed by atoms with Gasteiger partial charge in [0, 0.05) is 0 Å². The second-order valence-corrected chi connectivity index (χ2v) is 4.51. The summed E-state index contributed by atoms with van der Waals surface area (Å²) in [5.41, 5.74) is -2.45. The molecule has 0 aliphatic carbocycles. The van der Waals surface area contributed by atoms with E-state index in [0.29, 0.717) is 0 Å². The fraction of sp³-hybridized carbons (Fsp3) is 0.900. The van der Waals surface area contributed by atoms with Crippen LogP contribution in [0.4, 0.5) is 4.39 Å². The molecular formula is C10H19FO3. The Balaban J connectivity index is 4.66. The van der Waals surface area contributed by atoms with Crippen LogP contribution in [0.3, 0.4) is 0 Å². The lowest BCUT2D eigenvalue weighted by Crippen LogP contribution is -2.51. The van der Waals surface area contributed by atoms with Crippen molar-refractivity contribution in [1.82, 2.24) is 0 Å². The maximum Gasteiger partial charge on any atom is 0.343 e. The van der Waals surface area contributed by atoms with Crippen molar-refractivity contribution in [3.63, 3.8) is 0 Å². The molecule has 0 fully saturated rings. The Bertz CT molecular complexity index is 206. The number of aliphatic hydroxyl groups is 1. The molecule has 0 aromatic carbocycles. The van der Waals surface area contributed by atoms with Gasteiger partial charge in [-0.1, -0.05) is 20.8 Å². The summed E-state index contributed by atoms with van der Waals surface area (Å²) in [5, 5.41) is 9.84. The summed E-state index contributed by atoms with van der Waals surface area (Å²) in [5.74, 6) is -1.01. The minimum Gasteiger partial charge on any atom is -0.464 e. The molecule has 0 aliphatic heterocycles. The molecule has 0 bridgehead atoms. The number of hydrogen-bond donors (Lipinski definition) is 1. The molecule has 0 heterocycles. The Morgan fingerprint density at radius 3 is 2.14 bits per heavy atom. The molecule has 3 nitrogen and oxygen atoms in total. The third-order valence-electron chi connectivity index (χ3n) is 2.51. The minimum atomic E-state index is -2.01. The minimum absolute atomic E-state index is 0.111. The van der Waals surface area contributed by atoms with Crippen molar-refractivity contribution < 1.29 is 19.0 Å². The summed E-state index contributed by atoms with van der Waals surface area (Å²) in [7, 11) is 0. The van der Waals surface area contributed by atoms with Crippen LogP contribution in [0, 0.1) is 5.41 Å². The molecule has 0 aromatic heterocycles. The van der Waals surface area contributed by atoms with Crippen molar-refractivity contribution in [1.29, 1.82) is 0 Å². The van der Waals surface area contributed by atoms with Crippen LogP contribution in [0.2, 0.25) is 0 Å². The Hall–Kier alpha value is -0.640. The van der Waals surface area contributed by atoms with Crippen molar-refractivity contribution in [2.24, 2.45) is 5.41 Å². The molecule has 0 amide bonds. The van der Waals surface area contributed by atoms with Crippen LogP contribution in [0.25, 0.3) is 0 Å². The molecule has 2 atom stereocenters. The van der Waals surface area contributed by atoms with Gasteiger partial charge in [0.1, 0.15) is 5.60 Å². The summed E-state index contributed by atoms with van der Waals surface area (Å²) >= 11 is 0. The van der Waals surface area contributed by atoms with E-state index in [0.717, 1.165) is 0 Å². The van der Waals surface area contributed by atoms with Crippen LogP contribution in [0.15, 0.2) is 0 Å². The molecule has 84 valence electrons. The van der Waals surface area contributed by atoms with Crippen LogP contribution in [0.5, 0.6) is 0 Å². The lowest BCUT2D eigenvalue weighted by molar-refractivity contribution is -0.169. The summed E-state index contributed by atoms with van der Waals surface area (Å²) in [4.78, 5) is 11.1. The maximum atomic E-state index is 13.5. The van der Waals surface area contributed by atoms with Crippen LogP contribution < -0.4 is 0 Å². The second kappa shape index (κ2) is 4.26. The zero-order valence-corrected chi connectivity index (χ0v) is 9.43. The summed E-state index contributed by atoms with van der Waals surface area (Å²) < 4.78 is 18.0. The molecule has 14 heavy (non-hydrogen) atoms. The Morgan fingerprint density at radius 2 is 1.86 bits per heavy atom. The third-order valence-corrected chi connectivity index (χ3v) is 2.51. The van der Waals surface area contributed by atoms with E-state index >= 15 is 0 Å². The topological polar surface area (TPSA) is 46.5 Å². The normalized spacial score (nSPS) is 18.5. The smallest absolute Gasteiger partial charge is 0.343 e. The van der Waals surface area contributed by atoms with Gasteiger partial charge in [0.05, 0.1) is 6.61 Å². The van der Waals surface area contributed by atoms with Gasteiger partial charge >= 0.3 is 5.97 Å². The van der Waals surface area contributed by atoms with Gasteiger partial charge in [-0.25, -0.2) is 9.18 Å². The van der Waals surface area contributed by atoms with E-state index in [1.165, 1.54) is 6.92 Å².